The van der Waals surface area contributed by atoms with Gasteiger partial charge in [0.25, 0.3) is 0 Å². The van der Waals surface area contributed by atoms with Gasteiger partial charge in [-0.25, -0.2) is 14.8 Å². The standard InChI is InChI=1S/C11H11N5O2.C3H3F3O2/c12-10-5-9(13-7-14-10)8-1-3-16(15-6-8)4-2-11(17)18;1-8-2(7)3(4,5)6/h1,3,5-7H,2,4H2,(H2-,12,13,14,17,18);1H3/p+1. The van der Waals surface area contributed by atoms with Crippen molar-refractivity contribution in [2.75, 3.05) is 12.8 Å². The van der Waals surface area contributed by atoms with E-state index in [1.807, 2.05) is 0 Å². The molecule has 26 heavy (non-hydrogen) atoms. The molecule has 2 heterocycles. The number of rotatable bonds is 4. The van der Waals surface area contributed by atoms with Crippen LogP contribution in [-0.4, -0.2) is 45.4 Å². The van der Waals surface area contributed by atoms with Crippen molar-refractivity contribution in [2.45, 2.75) is 19.1 Å². The van der Waals surface area contributed by atoms with Gasteiger partial charge < -0.3 is 15.6 Å². The number of aromatic nitrogens is 4. The summed E-state index contributed by atoms with van der Waals surface area (Å²) in [5, 5.41) is 12.7. The Morgan fingerprint density at radius 2 is 2.04 bits per heavy atom. The highest BCUT2D eigenvalue weighted by molar-refractivity contribution is 5.75. The zero-order chi connectivity index (χ0) is 19.7. The van der Waals surface area contributed by atoms with Crippen molar-refractivity contribution in [1.29, 1.82) is 0 Å². The lowest BCUT2D eigenvalue weighted by Crippen LogP contribution is -2.38. The van der Waals surface area contributed by atoms with Crippen LogP contribution in [0.3, 0.4) is 0 Å². The third-order valence-electron chi connectivity index (χ3n) is 2.73. The number of carbonyl (C=O) groups is 2. The Labute approximate surface area is 145 Å². The maximum Gasteiger partial charge on any atom is 0.490 e. The smallest absolute Gasteiger partial charge is 0.481 e. The van der Waals surface area contributed by atoms with E-state index in [0.29, 0.717) is 25.2 Å². The molecule has 0 amide bonds. The van der Waals surface area contributed by atoms with E-state index in [9.17, 15) is 22.8 Å². The number of carbonyl (C=O) groups excluding carboxylic acids is 1. The molecule has 0 aliphatic rings. The fourth-order valence-electron chi connectivity index (χ4n) is 1.52. The Morgan fingerprint density at radius 1 is 1.35 bits per heavy atom. The summed E-state index contributed by atoms with van der Waals surface area (Å²) in [5.41, 5.74) is 7.05. The quantitative estimate of drug-likeness (QED) is 0.587. The monoisotopic (exact) mass is 374 g/mol. The summed E-state index contributed by atoms with van der Waals surface area (Å²) in [5.74, 6) is -2.63. The van der Waals surface area contributed by atoms with E-state index in [4.69, 9.17) is 10.8 Å². The minimum Gasteiger partial charge on any atom is -0.481 e. The van der Waals surface area contributed by atoms with Crippen molar-refractivity contribution in [3.63, 3.8) is 0 Å². The van der Waals surface area contributed by atoms with Crippen molar-refractivity contribution >= 4 is 17.8 Å². The van der Waals surface area contributed by atoms with Gasteiger partial charge in [-0.3, -0.25) is 4.79 Å². The van der Waals surface area contributed by atoms with Crippen molar-refractivity contribution < 1.29 is 37.3 Å². The van der Waals surface area contributed by atoms with Crippen LogP contribution in [-0.2, 0) is 20.9 Å². The number of ether oxygens (including phenoxy) is 1. The molecule has 0 bridgehead atoms. The average molecular weight is 374 g/mol. The third-order valence-corrected chi connectivity index (χ3v) is 2.73. The molecule has 0 aromatic carbocycles. The maximum absolute atomic E-state index is 11.0. The molecule has 0 radical (unpaired) electrons. The van der Waals surface area contributed by atoms with E-state index >= 15 is 0 Å². The molecule has 2 rings (SSSR count). The van der Waals surface area contributed by atoms with Gasteiger partial charge in [0.15, 0.2) is 12.7 Å². The van der Waals surface area contributed by atoms with Crippen LogP contribution in [0.5, 0.6) is 0 Å². The number of aryl methyl sites for hydroxylation is 1. The molecule has 3 N–H and O–H groups in total. The van der Waals surface area contributed by atoms with Crippen LogP contribution in [0.15, 0.2) is 30.9 Å². The van der Waals surface area contributed by atoms with Crippen LogP contribution in [0.1, 0.15) is 6.42 Å². The summed E-state index contributed by atoms with van der Waals surface area (Å²) in [7, 11) is 0.676. The number of esters is 1. The van der Waals surface area contributed by atoms with Crippen molar-refractivity contribution in [2.24, 2.45) is 0 Å². The molecule has 140 valence electrons. The maximum atomic E-state index is 11.0. The Balaban J connectivity index is 0.000000359. The molecule has 2 aromatic heterocycles. The van der Waals surface area contributed by atoms with Gasteiger partial charge in [0.2, 0.25) is 0 Å². The van der Waals surface area contributed by atoms with E-state index in [-0.39, 0.29) is 6.42 Å². The van der Waals surface area contributed by atoms with E-state index in [2.05, 4.69) is 19.8 Å². The second kappa shape index (κ2) is 9.25. The van der Waals surface area contributed by atoms with Crippen LogP contribution in [0.2, 0.25) is 0 Å². The van der Waals surface area contributed by atoms with Crippen LogP contribution >= 0.6 is 0 Å². The van der Waals surface area contributed by atoms with Gasteiger partial charge in [-0.1, -0.05) is 4.68 Å². The molecule has 0 aliphatic carbocycles. The average Bonchev–Trinajstić information content (AvgIpc) is 2.59. The number of carboxylic acid groups (broad SMARTS) is 1. The van der Waals surface area contributed by atoms with Crippen LogP contribution in [0.4, 0.5) is 19.0 Å². The van der Waals surface area contributed by atoms with Gasteiger partial charge in [-0.05, 0) is 5.10 Å². The molecule has 12 heteroatoms. The van der Waals surface area contributed by atoms with Crippen molar-refractivity contribution in [1.82, 2.24) is 15.1 Å². The van der Waals surface area contributed by atoms with E-state index in [1.165, 1.54) is 6.33 Å². The summed E-state index contributed by atoms with van der Waals surface area (Å²) in [6, 6.07) is 3.45. The summed E-state index contributed by atoms with van der Waals surface area (Å²) in [6.07, 6.45) is -0.109. The van der Waals surface area contributed by atoms with Crippen molar-refractivity contribution in [3.8, 4) is 11.3 Å². The normalized spacial score (nSPS) is 10.5. The van der Waals surface area contributed by atoms with Gasteiger partial charge in [0.05, 0.1) is 12.8 Å². The predicted octanol–water partition coefficient (Wildman–Crippen LogP) is 0.605. The number of anilines is 1. The Morgan fingerprint density at radius 3 is 2.46 bits per heavy atom. The number of nitrogens with two attached hydrogens (primary N) is 1. The molecule has 0 unspecified atom stereocenters. The first kappa shape index (κ1) is 20.7. The fraction of sp³-hybridized carbons (Fsp3) is 0.286. The largest absolute Gasteiger partial charge is 0.490 e. The molecule has 0 aliphatic heterocycles. The molecule has 0 saturated heterocycles. The highest BCUT2D eigenvalue weighted by Crippen LogP contribution is 2.15. The number of nitrogen functional groups attached to an aromatic ring is 1. The predicted molar refractivity (Wildman–Crippen MR) is 80.2 cm³/mol. The second-order valence-electron chi connectivity index (χ2n) is 4.64. The summed E-state index contributed by atoms with van der Waals surface area (Å²) in [4.78, 5) is 27.8. The number of hydrogen-bond acceptors (Lipinski definition) is 7. The number of halogens is 3. The lowest BCUT2D eigenvalue weighted by molar-refractivity contribution is -0.752. The van der Waals surface area contributed by atoms with Gasteiger partial charge in [-0.15, -0.1) is 0 Å². The second-order valence-corrected chi connectivity index (χ2v) is 4.64. The Kier molecular flexibility index (Phi) is 7.37. The zero-order valence-electron chi connectivity index (χ0n) is 13.5. The Hall–Kier alpha value is -3.31. The lowest BCUT2D eigenvalue weighted by Gasteiger charge is -1.99. The van der Waals surface area contributed by atoms with Crippen LogP contribution in [0.25, 0.3) is 11.3 Å². The molecular weight excluding hydrogens is 359 g/mol. The highest BCUT2D eigenvalue weighted by atomic mass is 19.4. The number of aliphatic carboxylic acids is 1. The minimum atomic E-state index is -4.85. The van der Waals surface area contributed by atoms with Crippen molar-refractivity contribution in [3.05, 3.63) is 30.9 Å². The fourth-order valence-corrected chi connectivity index (χ4v) is 1.52. The molecular formula is C14H15F3N5O4+. The summed E-state index contributed by atoms with van der Waals surface area (Å²) < 4.78 is 37.8. The summed E-state index contributed by atoms with van der Waals surface area (Å²) in [6.45, 7) is 0.335. The highest BCUT2D eigenvalue weighted by Gasteiger charge is 2.40. The number of hydrogen-bond donors (Lipinski definition) is 2. The van der Waals surface area contributed by atoms with E-state index < -0.39 is 18.1 Å². The molecule has 9 nitrogen and oxygen atoms in total. The first-order valence-corrected chi connectivity index (χ1v) is 6.94. The third kappa shape index (κ3) is 7.07. The first-order valence-electron chi connectivity index (χ1n) is 6.94. The number of nitrogens with zero attached hydrogens (tertiary/aromatic N) is 4. The Bertz CT molecular complexity index is 753. The molecule has 0 saturated carbocycles. The summed E-state index contributed by atoms with van der Waals surface area (Å²) >= 11 is 0. The van der Waals surface area contributed by atoms with Crippen LogP contribution < -0.4 is 10.4 Å². The van der Waals surface area contributed by atoms with Gasteiger partial charge >= 0.3 is 18.1 Å². The molecule has 2 aromatic rings. The number of carboxylic acids is 1. The minimum absolute atomic E-state index is 0.0392. The van der Waals surface area contributed by atoms with Crippen LogP contribution in [0, 0.1) is 0 Å². The SMILES string of the molecule is COC(=O)C(F)(F)F.Nc1cc(-c2cc[n+](CCC(=O)O)nc2)ncn1. The first-order chi connectivity index (χ1) is 12.1. The zero-order valence-corrected chi connectivity index (χ0v) is 13.5. The number of methoxy groups -OCH3 is 1. The molecule has 0 spiro atoms. The lowest BCUT2D eigenvalue weighted by atomic mass is 10.2. The van der Waals surface area contributed by atoms with Gasteiger partial charge in [0.1, 0.15) is 24.8 Å². The topological polar surface area (TPSA) is 132 Å². The van der Waals surface area contributed by atoms with E-state index in [0.717, 1.165) is 5.56 Å². The van der Waals surface area contributed by atoms with Gasteiger partial charge in [-0.2, -0.15) is 13.2 Å². The van der Waals surface area contributed by atoms with Gasteiger partial charge in [0, 0.05) is 17.7 Å². The molecule has 0 fully saturated rings. The number of alkyl halides is 3. The molecule has 0 atom stereocenters. The van der Waals surface area contributed by atoms with E-state index in [1.54, 1.807) is 29.2 Å².